The average Bonchev–Trinajstić information content (AvgIpc) is 2.56. The maximum Gasteiger partial charge on any atom is 0.123 e. The Labute approximate surface area is 89.3 Å². The van der Waals surface area contributed by atoms with E-state index in [1.165, 1.54) is 5.56 Å². The lowest BCUT2D eigenvalue weighted by atomic mass is 10.1. The first-order valence-corrected chi connectivity index (χ1v) is 5.29. The molecule has 1 aliphatic rings. The topological polar surface area (TPSA) is 9.23 Å². The van der Waals surface area contributed by atoms with E-state index in [4.69, 9.17) is 16.3 Å². The summed E-state index contributed by atoms with van der Waals surface area (Å²) >= 11 is 5.90. The average molecular weight is 209 g/mol. The zero-order valence-electron chi connectivity index (χ0n) is 8.16. The first-order chi connectivity index (χ1) is 6.79. The summed E-state index contributed by atoms with van der Waals surface area (Å²) in [6.07, 6.45) is 6.44. The van der Waals surface area contributed by atoms with Crippen LogP contribution in [0.25, 0.3) is 0 Å². The second-order valence-corrected chi connectivity index (χ2v) is 3.89. The van der Waals surface area contributed by atoms with Crippen molar-refractivity contribution in [2.45, 2.75) is 25.9 Å². The summed E-state index contributed by atoms with van der Waals surface area (Å²) in [4.78, 5) is 0. The van der Waals surface area contributed by atoms with E-state index in [0.29, 0.717) is 0 Å². The summed E-state index contributed by atoms with van der Waals surface area (Å²) in [5.41, 5.74) is 1.21. The van der Waals surface area contributed by atoms with Crippen molar-refractivity contribution >= 4 is 11.6 Å². The van der Waals surface area contributed by atoms with E-state index >= 15 is 0 Å². The molecule has 0 bridgehead atoms. The molecular weight excluding hydrogens is 196 g/mol. The van der Waals surface area contributed by atoms with Crippen LogP contribution >= 0.6 is 11.6 Å². The molecule has 1 aliphatic heterocycles. The van der Waals surface area contributed by atoms with Gasteiger partial charge in [-0.2, -0.15) is 0 Å². The summed E-state index contributed by atoms with van der Waals surface area (Å²) in [7, 11) is 0. The quantitative estimate of drug-likeness (QED) is 0.675. The fourth-order valence-corrected chi connectivity index (χ4v) is 1.83. The molecule has 0 aromatic heterocycles. The molecule has 0 aliphatic carbocycles. The number of fused-ring (bicyclic) bond motifs is 1. The van der Waals surface area contributed by atoms with Gasteiger partial charge < -0.3 is 4.74 Å². The van der Waals surface area contributed by atoms with Gasteiger partial charge in [-0.3, -0.25) is 0 Å². The molecule has 0 N–H and O–H groups in total. The van der Waals surface area contributed by atoms with Crippen molar-refractivity contribution in [3.05, 3.63) is 40.9 Å². The Morgan fingerprint density at radius 1 is 1.57 bits per heavy atom. The molecule has 0 radical (unpaired) electrons. The molecular formula is C12H13ClO. The minimum Gasteiger partial charge on any atom is -0.486 e. The van der Waals surface area contributed by atoms with Crippen LogP contribution in [-0.2, 0) is 6.42 Å². The van der Waals surface area contributed by atoms with Crippen LogP contribution in [0.1, 0.15) is 18.9 Å². The highest BCUT2D eigenvalue weighted by atomic mass is 35.5. The van der Waals surface area contributed by atoms with Gasteiger partial charge in [0.05, 0.1) is 0 Å². The molecule has 74 valence electrons. The molecule has 0 saturated heterocycles. The normalized spacial score (nSPS) is 19.7. The molecule has 2 rings (SSSR count). The second-order valence-electron chi connectivity index (χ2n) is 3.45. The lowest BCUT2D eigenvalue weighted by Gasteiger charge is -2.03. The van der Waals surface area contributed by atoms with Crippen LogP contribution in [0.15, 0.2) is 30.4 Å². The molecule has 1 atom stereocenters. The van der Waals surface area contributed by atoms with Crippen molar-refractivity contribution in [3.63, 3.8) is 0 Å². The molecule has 1 unspecified atom stereocenters. The van der Waals surface area contributed by atoms with Crippen molar-refractivity contribution in [1.29, 1.82) is 0 Å². The number of benzene rings is 1. The first kappa shape index (κ1) is 9.60. The number of hydrogen-bond acceptors (Lipinski definition) is 1. The smallest absolute Gasteiger partial charge is 0.123 e. The van der Waals surface area contributed by atoms with E-state index in [1.54, 1.807) is 0 Å². The summed E-state index contributed by atoms with van der Waals surface area (Å²) in [5, 5.41) is 0.785. The van der Waals surface area contributed by atoms with Crippen LogP contribution in [0.2, 0.25) is 5.02 Å². The maximum atomic E-state index is 5.90. The number of ether oxygens (including phenoxy) is 1. The molecule has 0 saturated carbocycles. The van der Waals surface area contributed by atoms with E-state index in [0.717, 1.165) is 23.6 Å². The number of hydrogen-bond donors (Lipinski definition) is 0. The van der Waals surface area contributed by atoms with Crippen LogP contribution in [0, 0.1) is 0 Å². The van der Waals surface area contributed by atoms with Gasteiger partial charge in [0.25, 0.3) is 0 Å². The molecule has 0 fully saturated rings. The van der Waals surface area contributed by atoms with Gasteiger partial charge in [0.15, 0.2) is 0 Å². The lowest BCUT2D eigenvalue weighted by molar-refractivity contribution is 0.283. The fraction of sp³-hybridized carbons (Fsp3) is 0.333. The van der Waals surface area contributed by atoms with Crippen molar-refractivity contribution in [2.24, 2.45) is 0 Å². The van der Waals surface area contributed by atoms with Gasteiger partial charge in [-0.1, -0.05) is 24.6 Å². The zero-order valence-corrected chi connectivity index (χ0v) is 8.92. The minimum absolute atomic E-state index is 0.198. The molecule has 0 amide bonds. The fourth-order valence-electron chi connectivity index (χ4n) is 1.64. The van der Waals surface area contributed by atoms with E-state index in [-0.39, 0.29) is 6.10 Å². The van der Waals surface area contributed by atoms with Gasteiger partial charge in [-0.25, -0.2) is 0 Å². The molecule has 2 heteroatoms. The summed E-state index contributed by atoms with van der Waals surface area (Å²) in [6.45, 7) is 2.12. The van der Waals surface area contributed by atoms with Crippen LogP contribution in [-0.4, -0.2) is 6.10 Å². The third-order valence-electron chi connectivity index (χ3n) is 2.31. The Morgan fingerprint density at radius 3 is 3.21 bits per heavy atom. The predicted molar refractivity (Wildman–Crippen MR) is 59.0 cm³/mol. The Hall–Kier alpha value is -0.950. The number of halogens is 1. The third-order valence-corrected chi connectivity index (χ3v) is 2.54. The Morgan fingerprint density at radius 2 is 2.43 bits per heavy atom. The van der Waals surface area contributed by atoms with Crippen LogP contribution in [0.5, 0.6) is 5.75 Å². The maximum absolute atomic E-state index is 5.90. The number of allylic oxidation sites excluding steroid dienone is 1. The molecule has 1 aromatic carbocycles. The highest BCUT2D eigenvalue weighted by Crippen LogP contribution is 2.31. The van der Waals surface area contributed by atoms with Crippen molar-refractivity contribution in [2.75, 3.05) is 0 Å². The number of rotatable bonds is 2. The Kier molecular flexibility index (Phi) is 2.78. The molecule has 1 aromatic rings. The van der Waals surface area contributed by atoms with E-state index < -0.39 is 0 Å². The van der Waals surface area contributed by atoms with Crippen molar-refractivity contribution in [3.8, 4) is 5.75 Å². The van der Waals surface area contributed by atoms with E-state index in [9.17, 15) is 0 Å². The van der Waals surface area contributed by atoms with Gasteiger partial charge in [0.2, 0.25) is 0 Å². The first-order valence-electron chi connectivity index (χ1n) is 4.91. The van der Waals surface area contributed by atoms with Gasteiger partial charge in [0, 0.05) is 11.4 Å². The molecule has 14 heavy (non-hydrogen) atoms. The summed E-state index contributed by atoms with van der Waals surface area (Å²) in [5.74, 6) is 0.972. The van der Waals surface area contributed by atoms with Crippen LogP contribution in [0.4, 0.5) is 0 Å². The second kappa shape index (κ2) is 4.05. The summed E-state index contributed by atoms with van der Waals surface area (Å²) in [6, 6.07) is 5.79. The van der Waals surface area contributed by atoms with Gasteiger partial charge >= 0.3 is 0 Å². The van der Waals surface area contributed by atoms with Crippen molar-refractivity contribution < 1.29 is 4.74 Å². The summed E-state index contributed by atoms with van der Waals surface area (Å²) < 4.78 is 5.72. The zero-order chi connectivity index (χ0) is 9.97. The largest absolute Gasteiger partial charge is 0.486 e. The van der Waals surface area contributed by atoms with Crippen LogP contribution < -0.4 is 4.74 Å². The standard InChI is InChI=1S/C12H13ClO/c1-2-3-4-11-8-9-7-10(13)5-6-12(9)14-11/h3-7,11H,2,8H2,1H3/b4-3+. The third kappa shape index (κ3) is 1.93. The SMILES string of the molecule is CC/C=C/C1Cc2cc(Cl)ccc2O1. The Balaban J connectivity index is 2.14. The van der Waals surface area contributed by atoms with Crippen LogP contribution in [0.3, 0.4) is 0 Å². The van der Waals surface area contributed by atoms with E-state index in [1.807, 2.05) is 18.2 Å². The van der Waals surface area contributed by atoms with Gasteiger partial charge in [-0.15, -0.1) is 0 Å². The molecule has 1 heterocycles. The monoisotopic (exact) mass is 208 g/mol. The minimum atomic E-state index is 0.198. The molecule has 1 nitrogen and oxygen atoms in total. The van der Waals surface area contributed by atoms with Crippen molar-refractivity contribution in [1.82, 2.24) is 0 Å². The van der Waals surface area contributed by atoms with E-state index in [2.05, 4.69) is 19.1 Å². The predicted octanol–water partition coefficient (Wildman–Crippen LogP) is 3.61. The highest BCUT2D eigenvalue weighted by Gasteiger charge is 2.20. The Bertz CT molecular complexity index is 357. The van der Waals surface area contributed by atoms with Gasteiger partial charge in [0.1, 0.15) is 11.9 Å². The lowest BCUT2D eigenvalue weighted by Crippen LogP contribution is -2.08. The van der Waals surface area contributed by atoms with Gasteiger partial charge in [-0.05, 0) is 36.3 Å². The highest BCUT2D eigenvalue weighted by molar-refractivity contribution is 6.30. The molecule has 0 spiro atoms.